The minimum atomic E-state index is -3.81. The minimum Gasteiger partial charge on any atom is -0.496 e. The lowest BCUT2D eigenvalue weighted by Gasteiger charge is -2.22. The van der Waals surface area contributed by atoms with E-state index >= 15 is 0 Å². The second-order valence-electron chi connectivity index (χ2n) is 7.82. The van der Waals surface area contributed by atoms with Crippen LogP contribution >= 0.6 is 0 Å². The number of rotatable bonds is 6. The van der Waals surface area contributed by atoms with Gasteiger partial charge in [-0.25, -0.2) is 13.1 Å². The molecule has 30 heavy (non-hydrogen) atoms. The standard InChI is InChI=1S/C23H30N2O4S/c1-17-8-10-19(11-9-17)18(2)24-30(27,28)20-12-13-22(29-3)21(16-20)23(26)25-14-6-4-5-7-15-25/h8-13,16,18,24H,4-7,14-15H2,1-3H3/t18-/m1/s1. The molecule has 1 amide bonds. The van der Waals surface area contributed by atoms with Gasteiger partial charge in [0.25, 0.3) is 5.91 Å². The van der Waals surface area contributed by atoms with Gasteiger partial charge in [0.15, 0.2) is 0 Å². The molecule has 162 valence electrons. The second kappa shape index (κ2) is 9.62. The van der Waals surface area contributed by atoms with E-state index in [-0.39, 0.29) is 16.4 Å². The Labute approximate surface area is 179 Å². The fourth-order valence-electron chi connectivity index (χ4n) is 3.69. The average Bonchev–Trinajstić information content (AvgIpc) is 3.02. The third kappa shape index (κ3) is 5.21. The van der Waals surface area contributed by atoms with E-state index in [9.17, 15) is 13.2 Å². The lowest BCUT2D eigenvalue weighted by Crippen LogP contribution is -2.32. The van der Waals surface area contributed by atoms with E-state index in [1.54, 1.807) is 17.9 Å². The maximum absolute atomic E-state index is 13.1. The summed E-state index contributed by atoms with van der Waals surface area (Å²) in [5.74, 6) is 0.201. The van der Waals surface area contributed by atoms with Crippen molar-refractivity contribution in [3.63, 3.8) is 0 Å². The number of benzene rings is 2. The molecule has 1 atom stereocenters. The van der Waals surface area contributed by atoms with Gasteiger partial charge in [-0.3, -0.25) is 4.79 Å². The number of aryl methyl sites for hydroxylation is 1. The maximum atomic E-state index is 13.1. The lowest BCUT2D eigenvalue weighted by atomic mass is 10.1. The van der Waals surface area contributed by atoms with Gasteiger partial charge in [0, 0.05) is 19.1 Å². The van der Waals surface area contributed by atoms with Crippen molar-refractivity contribution in [1.82, 2.24) is 9.62 Å². The largest absolute Gasteiger partial charge is 0.496 e. The molecule has 0 unspecified atom stereocenters. The van der Waals surface area contributed by atoms with Gasteiger partial charge in [0.05, 0.1) is 17.6 Å². The Balaban J connectivity index is 1.86. The summed E-state index contributed by atoms with van der Waals surface area (Å²) in [6.45, 7) is 5.15. The highest BCUT2D eigenvalue weighted by Gasteiger charge is 2.25. The van der Waals surface area contributed by atoms with Crippen molar-refractivity contribution in [2.45, 2.75) is 50.5 Å². The number of carbonyl (C=O) groups is 1. The molecule has 0 aromatic heterocycles. The molecule has 3 rings (SSSR count). The van der Waals surface area contributed by atoms with Crippen LogP contribution < -0.4 is 9.46 Å². The van der Waals surface area contributed by atoms with Crippen LogP contribution in [0.25, 0.3) is 0 Å². The van der Waals surface area contributed by atoms with E-state index in [4.69, 9.17) is 4.74 Å². The monoisotopic (exact) mass is 430 g/mol. The van der Waals surface area contributed by atoms with Crippen molar-refractivity contribution >= 4 is 15.9 Å². The van der Waals surface area contributed by atoms with Crippen molar-refractivity contribution < 1.29 is 17.9 Å². The van der Waals surface area contributed by atoms with Crippen LogP contribution in [0.5, 0.6) is 5.75 Å². The van der Waals surface area contributed by atoms with Gasteiger partial charge in [-0.1, -0.05) is 42.7 Å². The van der Waals surface area contributed by atoms with E-state index in [1.165, 1.54) is 19.2 Å². The van der Waals surface area contributed by atoms with Crippen molar-refractivity contribution in [3.8, 4) is 5.75 Å². The number of methoxy groups -OCH3 is 1. The highest BCUT2D eigenvalue weighted by molar-refractivity contribution is 7.89. The fraction of sp³-hybridized carbons (Fsp3) is 0.435. The Kier molecular flexibility index (Phi) is 7.15. The summed E-state index contributed by atoms with van der Waals surface area (Å²) in [5.41, 5.74) is 2.27. The Hall–Kier alpha value is -2.38. The molecule has 6 nitrogen and oxygen atoms in total. The summed E-state index contributed by atoms with van der Waals surface area (Å²) >= 11 is 0. The van der Waals surface area contributed by atoms with Gasteiger partial charge in [-0.2, -0.15) is 0 Å². The number of hydrogen-bond donors (Lipinski definition) is 1. The Morgan fingerprint density at radius 3 is 2.27 bits per heavy atom. The van der Waals surface area contributed by atoms with Crippen molar-refractivity contribution in [3.05, 3.63) is 59.2 Å². The molecule has 0 bridgehead atoms. The molecule has 1 N–H and O–H groups in total. The zero-order chi connectivity index (χ0) is 21.7. The fourth-order valence-corrected chi connectivity index (χ4v) is 4.95. The summed E-state index contributed by atoms with van der Waals surface area (Å²) in [6.07, 6.45) is 4.13. The van der Waals surface area contributed by atoms with Crippen LogP contribution in [0.3, 0.4) is 0 Å². The molecule has 1 fully saturated rings. The number of carbonyl (C=O) groups excluding carboxylic acids is 1. The van der Waals surface area contributed by atoms with Gasteiger partial charge < -0.3 is 9.64 Å². The van der Waals surface area contributed by atoms with Crippen LogP contribution in [-0.4, -0.2) is 39.4 Å². The number of nitrogens with one attached hydrogen (secondary N) is 1. The molecule has 0 radical (unpaired) electrons. The molecular weight excluding hydrogens is 400 g/mol. The third-order valence-corrected chi connectivity index (χ3v) is 7.05. The zero-order valence-electron chi connectivity index (χ0n) is 17.8. The summed E-state index contributed by atoms with van der Waals surface area (Å²) in [4.78, 5) is 15.0. The van der Waals surface area contributed by atoms with Crippen LogP contribution in [0.2, 0.25) is 0 Å². The van der Waals surface area contributed by atoms with E-state index < -0.39 is 16.1 Å². The highest BCUT2D eigenvalue weighted by atomic mass is 32.2. The number of hydrogen-bond acceptors (Lipinski definition) is 4. The minimum absolute atomic E-state index is 0.0560. The smallest absolute Gasteiger partial charge is 0.257 e. The SMILES string of the molecule is COc1ccc(S(=O)(=O)N[C@H](C)c2ccc(C)cc2)cc1C(=O)N1CCCCCC1. The first-order valence-corrected chi connectivity index (χ1v) is 11.9. The van der Waals surface area contributed by atoms with Crippen molar-refractivity contribution in [2.75, 3.05) is 20.2 Å². The molecule has 0 aliphatic carbocycles. The normalized spacial score (nSPS) is 16.0. The van der Waals surface area contributed by atoms with Crippen LogP contribution in [0, 0.1) is 6.92 Å². The van der Waals surface area contributed by atoms with Crippen molar-refractivity contribution in [1.29, 1.82) is 0 Å². The van der Waals surface area contributed by atoms with E-state index in [0.29, 0.717) is 18.8 Å². The predicted octanol–water partition coefficient (Wildman–Crippen LogP) is 4.06. The van der Waals surface area contributed by atoms with Crippen LogP contribution in [0.4, 0.5) is 0 Å². The van der Waals surface area contributed by atoms with E-state index in [2.05, 4.69) is 4.72 Å². The van der Waals surface area contributed by atoms with E-state index in [0.717, 1.165) is 36.8 Å². The molecule has 0 saturated carbocycles. The number of sulfonamides is 1. The topological polar surface area (TPSA) is 75.7 Å². The molecule has 2 aromatic rings. The predicted molar refractivity (Wildman–Crippen MR) is 117 cm³/mol. The first-order valence-electron chi connectivity index (χ1n) is 10.4. The molecule has 2 aromatic carbocycles. The third-order valence-electron chi connectivity index (χ3n) is 5.51. The molecule has 0 spiro atoms. The van der Waals surface area contributed by atoms with Crippen molar-refractivity contribution in [2.24, 2.45) is 0 Å². The Morgan fingerprint density at radius 1 is 1.03 bits per heavy atom. The summed E-state index contributed by atoms with van der Waals surface area (Å²) in [6, 6.07) is 11.8. The summed E-state index contributed by atoms with van der Waals surface area (Å²) in [7, 11) is -2.33. The van der Waals surface area contributed by atoms with Gasteiger partial charge in [0.1, 0.15) is 5.75 Å². The molecule has 1 saturated heterocycles. The molecule has 1 aliphatic rings. The van der Waals surface area contributed by atoms with Gasteiger partial charge >= 0.3 is 0 Å². The zero-order valence-corrected chi connectivity index (χ0v) is 18.7. The van der Waals surface area contributed by atoms with Crippen LogP contribution in [-0.2, 0) is 10.0 Å². The average molecular weight is 431 g/mol. The second-order valence-corrected chi connectivity index (χ2v) is 9.54. The summed E-state index contributed by atoms with van der Waals surface area (Å²) < 4.78 is 34.1. The number of amides is 1. The first kappa shape index (κ1) is 22.3. The van der Waals surface area contributed by atoms with Crippen LogP contribution in [0.1, 0.15) is 60.1 Å². The molecule has 1 aliphatic heterocycles. The van der Waals surface area contributed by atoms with Gasteiger partial charge in [0.2, 0.25) is 10.0 Å². The van der Waals surface area contributed by atoms with Crippen LogP contribution in [0.15, 0.2) is 47.4 Å². The van der Waals surface area contributed by atoms with Gasteiger partial charge in [-0.15, -0.1) is 0 Å². The lowest BCUT2D eigenvalue weighted by molar-refractivity contribution is 0.0758. The quantitative estimate of drug-likeness (QED) is 0.750. The molecule has 7 heteroatoms. The maximum Gasteiger partial charge on any atom is 0.257 e. The number of likely N-dealkylation sites (tertiary alicyclic amines) is 1. The highest BCUT2D eigenvalue weighted by Crippen LogP contribution is 2.26. The molecular formula is C23H30N2O4S. The summed E-state index contributed by atoms with van der Waals surface area (Å²) in [5, 5.41) is 0. The number of ether oxygens (including phenoxy) is 1. The van der Waals surface area contributed by atoms with E-state index in [1.807, 2.05) is 31.2 Å². The molecule has 1 heterocycles. The first-order chi connectivity index (χ1) is 14.3. The van der Waals surface area contributed by atoms with Gasteiger partial charge in [-0.05, 0) is 50.5 Å². The Morgan fingerprint density at radius 2 is 1.67 bits per heavy atom. The Bertz CT molecular complexity index is 979. The number of nitrogens with zero attached hydrogens (tertiary/aromatic N) is 1.